The fraction of sp³-hybridized carbons (Fsp3) is 0.414. The number of nitrogen functional groups attached to an aromatic ring is 1. The molecule has 1 atom stereocenters. The van der Waals surface area contributed by atoms with E-state index in [4.69, 9.17) is 20.4 Å². The first kappa shape index (κ1) is 25.5. The minimum Gasteiger partial charge on any atom is -0.494 e. The van der Waals surface area contributed by atoms with Gasteiger partial charge in [-0.05, 0) is 49.9 Å². The summed E-state index contributed by atoms with van der Waals surface area (Å²) >= 11 is 0. The highest BCUT2D eigenvalue weighted by Gasteiger charge is 2.25. The molecule has 0 unspecified atom stereocenters. The number of hydrogen-bond donors (Lipinski definition) is 2. The number of hydrogen-bond acceptors (Lipinski definition) is 5. The van der Waals surface area contributed by atoms with E-state index in [0.717, 1.165) is 54.6 Å². The number of ether oxygens (including phenoxy) is 1. The van der Waals surface area contributed by atoms with E-state index in [9.17, 15) is 4.79 Å². The molecule has 1 amide bonds. The average Bonchev–Trinajstić information content (AvgIpc) is 3.13. The van der Waals surface area contributed by atoms with Crippen LogP contribution in [0.4, 0.5) is 5.82 Å². The number of nitrogens with one attached hydrogen (secondary N) is 1. The van der Waals surface area contributed by atoms with Crippen molar-refractivity contribution in [2.45, 2.75) is 65.8 Å². The van der Waals surface area contributed by atoms with Crippen molar-refractivity contribution in [1.82, 2.24) is 19.9 Å². The average molecular weight is 488 g/mol. The Morgan fingerprint density at radius 2 is 1.78 bits per heavy atom. The molecule has 36 heavy (non-hydrogen) atoms. The summed E-state index contributed by atoms with van der Waals surface area (Å²) in [5, 5.41) is 3.14. The van der Waals surface area contributed by atoms with Gasteiger partial charge in [-0.15, -0.1) is 0 Å². The highest BCUT2D eigenvalue weighted by Crippen LogP contribution is 2.32. The van der Waals surface area contributed by atoms with Gasteiger partial charge in [-0.3, -0.25) is 9.36 Å². The summed E-state index contributed by atoms with van der Waals surface area (Å²) in [5.74, 6) is 1.48. The summed E-state index contributed by atoms with van der Waals surface area (Å²) in [6, 6.07) is 15.4. The van der Waals surface area contributed by atoms with Gasteiger partial charge in [0.2, 0.25) is 0 Å². The summed E-state index contributed by atoms with van der Waals surface area (Å²) < 4.78 is 7.73. The van der Waals surface area contributed by atoms with Gasteiger partial charge in [0, 0.05) is 12.1 Å². The predicted octanol–water partition coefficient (Wildman–Crippen LogP) is 6.28. The topological polar surface area (TPSA) is 95.1 Å². The van der Waals surface area contributed by atoms with Gasteiger partial charge in [-0.2, -0.15) is 0 Å². The molecule has 2 heterocycles. The molecule has 2 aromatic heterocycles. The number of nitrogens with two attached hydrogens (primary N) is 1. The molecular formula is C29H37N5O2. The molecule has 0 aliphatic rings. The van der Waals surface area contributed by atoms with Crippen LogP contribution in [-0.2, 0) is 0 Å². The monoisotopic (exact) mass is 487 g/mol. The standard InChI is InChI=1S/C29H37N5O2/c1-5-6-17-36-22-14-10-13-21(18-22)34-27(30)25(29(35)31-20(4)12-9-11-19(2)3)26-28(34)33-24-16-8-7-15-23(24)32-26/h7-8,10,13-16,18-20H,5-6,9,11-12,17,30H2,1-4H3,(H,31,35)/t20-/m0/s1. The van der Waals surface area contributed by atoms with E-state index in [1.807, 2.05) is 55.5 Å². The molecular weight excluding hydrogens is 450 g/mol. The molecule has 0 saturated heterocycles. The van der Waals surface area contributed by atoms with Crippen LogP contribution in [0.5, 0.6) is 5.75 Å². The zero-order valence-corrected chi connectivity index (χ0v) is 21.8. The van der Waals surface area contributed by atoms with Gasteiger partial charge >= 0.3 is 0 Å². The molecule has 4 aromatic rings. The van der Waals surface area contributed by atoms with Gasteiger partial charge in [-0.1, -0.05) is 58.2 Å². The maximum atomic E-state index is 13.5. The van der Waals surface area contributed by atoms with Gasteiger partial charge in [0.1, 0.15) is 22.6 Å². The van der Waals surface area contributed by atoms with Crippen LogP contribution in [0.1, 0.15) is 70.2 Å². The Morgan fingerprint density at radius 1 is 1.03 bits per heavy atom. The van der Waals surface area contributed by atoms with Crippen LogP contribution in [-0.4, -0.2) is 33.1 Å². The Balaban J connectivity index is 1.76. The van der Waals surface area contributed by atoms with Gasteiger partial charge in [0.25, 0.3) is 5.91 Å². The Hall–Kier alpha value is -3.61. The minimum atomic E-state index is -0.228. The van der Waals surface area contributed by atoms with Crippen molar-refractivity contribution in [2.24, 2.45) is 5.92 Å². The number of unbranched alkanes of at least 4 members (excludes halogenated alkanes) is 1. The number of para-hydroxylation sites is 2. The van der Waals surface area contributed by atoms with Gasteiger partial charge < -0.3 is 15.8 Å². The van der Waals surface area contributed by atoms with Gasteiger partial charge in [-0.25, -0.2) is 9.97 Å². The number of carbonyl (C=O) groups excluding carboxylic acids is 1. The summed E-state index contributed by atoms with van der Waals surface area (Å²) in [6.07, 6.45) is 5.15. The molecule has 0 aliphatic heterocycles. The SMILES string of the molecule is CCCCOc1cccc(-n2c(N)c(C(=O)N[C@@H](C)CCCC(C)C)c3nc4ccccc4nc32)c1. The zero-order chi connectivity index (χ0) is 25.7. The Labute approximate surface area is 213 Å². The van der Waals surface area contributed by atoms with Crippen molar-refractivity contribution >= 4 is 33.9 Å². The van der Waals surface area contributed by atoms with E-state index in [1.165, 1.54) is 0 Å². The molecule has 7 nitrogen and oxygen atoms in total. The van der Waals surface area contributed by atoms with Crippen molar-refractivity contribution in [2.75, 3.05) is 12.3 Å². The molecule has 0 aliphatic carbocycles. The Kier molecular flexibility index (Phi) is 8.08. The number of anilines is 1. The Bertz CT molecular complexity index is 1340. The molecule has 0 bridgehead atoms. The first-order valence-corrected chi connectivity index (χ1v) is 13.0. The molecule has 4 rings (SSSR count). The second-order valence-corrected chi connectivity index (χ2v) is 9.88. The number of nitrogens with zero attached hydrogens (tertiary/aromatic N) is 3. The lowest BCUT2D eigenvalue weighted by molar-refractivity contribution is 0.0940. The minimum absolute atomic E-state index is 0.0257. The van der Waals surface area contributed by atoms with E-state index in [2.05, 4.69) is 26.1 Å². The summed E-state index contributed by atoms with van der Waals surface area (Å²) in [6.45, 7) is 9.24. The van der Waals surface area contributed by atoms with E-state index >= 15 is 0 Å². The van der Waals surface area contributed by atoms with Crippen molar-refractivity contribution in [1.29, 1.82) is 0 Å². The first-order chi connectivity index (χ1) is 17.4. The lowest BCUT2D eigenvalue weighted by Gasteiger charge is -2.15. The van der Waals surface area contributed by atoms with Crippen molar-refractivity contribution in [3.63, 3.8) is 0 Å². The predicted molar refractivity (Wildman–Crippen MR) is 147 cm³/mol. The van der Waals surface area contributed by atoms with Crippen LogP contribution in [0.3, 0.4) is 0 Å². The van der Waals surface area contributed by atoms with Crippen LogP contribution in [0.25, 0.3) is 27.9 Å². The highest BCUT2D eigenvalue weighted by molar-refractivity contribution is 6.11. The van der Waals surface area contributed by atoms with Gasteiger partial charge in [0.05, 0.1) is 23.3 Å². The fourth-order valence-corrected chi connectivity index (χ4v) is 4.39. The number of carbonyl (C=O) groups is 1. The third-order valence-electron chi connectivity index (χ3n) is 6.36. The zero-order valence-electron chi connectivity index (χ0n) is 21.8. The van der Waals surface area contributed by atoms with Crippen LogP contribution >= 0.6 is 0 Å². The van der Waals surface area contributed by atoms with Crippen molar-refractivity contribution in [3.05, 3.63) is 54.1 Å². The lowest BCUT2D eigenvalue weighted by Crippen LogP contribution is -2.33. The smallest absolute Gasteiger partial charge is 0.257 e. The maximum absolute atomic E-state index is 13.5. The normalized spacial score (nSPS) is 12.4. The van der Waals surface area contributed by atoms with E-state index < -0.39 is 0 Å². The number of fused-ring (bicyclic) bond motifs is 2. The number of benzene rings is 2. The van der Waals surface area contributed by atoms with Gasteiger partial charge in [0.15, 0.2) is 5.65 Å². The maximum Gasteiger partial charge on any atom is 0.257 e. The van der Waals surface area contributed by atoms with Crippen LogP contribution < -0.4 is 15.8 Å². The molecule has 7 heteroatoms. The molecule has 0 saturated carbocycles. The fourth-order valence-electron chi connectivity index (χ4n) is 4.39. The van der Waals surface area contributed by atoms with E-state index in [-0.39, 0.29) is 11.9 Å². The molecule has 0 radical (unpaired) electrons. The third kappa shape index (κ3) is 5.61. The summed E-state index contributed by atoms with van der Waals surface area (Å²) in [5.41, 5.74) is 10.3. The summed E-state index contributed by atoms with van der Waals surface area (Å²) in [4.78, 5) is 23.2. The molecule has 190 valence electrons. The number of aromatic nitrogens is 3. The van der Waals surface area contributed by atoms with Crippen molar-refractivity contribution < 1.29 is 9.53 Å². The van der Waals surface area contributed by atoms with Crippen LogP contribution in [0.2, 0.25) is 0 Å². The quantitative estimate of drug-likeness (QED) is 0.243. The first-order valence-electron chi connectivity index (χ1n) is 13.0. The molecule has 0 spiro atoms. The highest BCUT2D eigenvalue weighted by atomic mass is 16.5. The third-order valence-corrected chi connectivity index (χ3v) is 6.36. The second-order valence-electron chi connectivity index (χ2n) is 9.88. The molecule has 3 N–H and O–H groups in total. The Morgan fingerprint density at radius 3 is 2.50 bits per heavy atom. The van der Waals surface area contributed by atoms with Crippen LogP contribution in [0, 0.1) is 5.92 Å². The van der Waals surface area contributed by atoms with E-state index in [1.54, 1.807) is 4.57 Å². The van der Waals surface area contributed by atoms with E-state index in [0.29, 0.717) is 35.1 Å². The van der Waals surface area contributed by atoms with Crippen molar-refractivity contribution in [3.8, 4) is 11.4 Å². The molecule has 2 aromatic carbocycles. The summed E-state index contributed by atoms with van der Waals surface area (Å²) in [7, 11) is 0. The molecule has 0 fully saturated rings. The number of rotatable bonds is 11. The number of amides is 1. The lowest BCUT2D eigenvalue weighted by atomic mass is 10.0. The van der Waals surface area contributed by atoms with Crippen LogP contribution in [0.15, 0.2) is 48.5 Å². The largest absolute Gasteiger partial charge is 0.494 e. The second kappa shape index (κ2) is 11.4.